The van der Waals surface area contributed by atoms with Crippen molar-refractivity contribution in [1.82, 2.24) is 0 Å². The van der Waals surface area contributed by atoms with Gasteiger partial charge < -0.3 is 19.7 Å². The predicted molar refractivity (Wildman–Crippen MR) is 195 cm³/mol. The van der Waals surface area contributed by atoms with E-state index in [-0.39, 0.29) is 13.2 Å². The van der Waals surface area contributed by atoms with E-state index in [2.05, 4.69) is 42.9 Å². The van der Waals surface area contributed by atoms with Gasteiger partial charge in [-0.2, -0.15) is 0 Å². The quantitative estimate of drug-likeness (QED) is 0.0538. The van der Waals surface area contributed by atoms with E-state index in [9.17, 15) is 0 Å². The van der Waals surface area contributed by atoms with Gasteiger partial charge in [-0.3, -0.25) is 0 Å². The van der Waals surface area contributed by atoms with Gasteiger partial charge in [-0.25, -0.2) is 0 Å². The van der Waals surface area contributed by atoms with Crippen molar-refractivity contribution in [1.29, 1.82) is 0 Å². The van der Waals surface area contributed by atoms with Crippen LogP contribution < -0.4 is 0 Å². The van der Waals surface area contributed by atoms with Gasteiger partial charge in [0.1, 0.15) is 0 Å². The van der Waals surface area contributed by atoms with E-state index in [0.29, 0.717) is 13.2 Å². The van der Waals surface area contributed by atoms with Gasteiger partial charge in [0.25, 0.3) is 0 Å². The smallest absolute Gasteiger partial charge is 0.0698 e. The van der Waals surface area contributed by atoms with Crippen molar-refractivity contribution in [3.63, 3.8) is 0 Å². The molecule has 0 amide bonds. The molecule has 0 aromatic rings. The van der Waals surface area contributed by atoms with Crippen LogP contribution in [0.1, 0.15) is 194 Å². The molecule has 0 atom stereocenters. The topological polar surface area (TPSA) is 58.9 Å². The predicted octanol–water partition coefficient (Wildman–Crippen LogP) is 12.1. The monoisotopic (exact) mass is 625 g/mol. The highest BCUT2D eigenvalue weighted by molar-refractivity contribution is 4.82. The maximum Gasteiger partial charge on any atom is 0.0698 e. The molecular formula is C40H80O4. The molecule has 0 saturated heterocycles. The Morgan fingerprint density at radius 2 is 0.568 bits per heavy atom. The molecule has 264 valence electrons. The van der Waals surface area contributed by atoms with Crippen LogP contribution in [0.15, 0.2) is 24.3 Å². The average molecular weight is 625 g/mol. The van der Waals surface area contributed by atoms with Crippen molar-refractivity contribution in [3.8, 4) is 0 Å². The fraction of sp³-hybridized carbons (Fsp3) is 0.900. The first kappa shape index (κ1) is 45.4. The zero-order chi connectivity index (χ0) is 32.3. The standard InChI is InChI=1S/C36H70O.C4H10O3/c1-3-5-7-9-11-13-15-17-19-21-23-25-27-29-31-33-35-37-36-34-32-30-28-26-24-22-20-18-16-14-12-10-8-6-4-2;5-1-3-7-4-2-6/h17-20H,3-16,21-36H2,1-2H3;5-6H,1-4H2/b19-17-,20-18-;. The zero-order valence-electron chi connectivity index (χ0n) is 30.1. The summed E-state index contributed by atoms with van der Waals surface area (Å²) in [6, 6.07) is 0. The molecule has 0 fully saturated rings. The first-order valence-corrected chi connectivity index (χ1v) is 19.5. The fourth-order valence-corrected chi connectivity index (χ4v) is 5.24. The number of hydrogen-bond acceptors (Lipinski definition) is 4. The largest absolute Gasteiger partial charge is 0.394 e. The minimum Gasteiger partial charge on any atom is -0.394 e. The van der Waals surface area contributed by atoms with Gasteiger partial charge in [-0.05, 0) is 64.2 Å². The molecule has 0 aliphatic rings. The Morgan fingerprint density at radius 1 is 0.318 bits per heavy atom. The summed E-state index contributed by atoms with van der Waals surface area (Å²) in [5.41, 5.74) is 0. The summed E-state index contributed by atoms with van der Waals surface area (Å²) in [7, 11) is 0. The molecule has 0 spiro atoms. The maximum absolute atomic E-state index is 8.09. The Hall–Kier alpha value is -0.680. The summed E-state index contributed by atoms with van der Waals surface area (Å²) in [4.78, 5) is 0. The van der Waals surface area contributed by atoms with E-state index in [4.69, 9.17) is 14.9 Å². The van der Waals surface area contributed by atoms with Crippen molar-refractivity contribution in [3.05, 3.63) is 24.3 Å². The molecule has 0 bridgehead atoms. The highest BCUT2D eigenvalue weighted by Crippen LogP contribution is 2.12. The summed E-state index contributed by atoms with van der Waals surface area (Å²) in [5, 5.41) is 16.2. The van der Waals surface area contributed by atoms with E-state index < -0.39 is 0 Å². The summed E-state index contributed by atoms with van der Waals surface area (Å²) >= 11 is 0. The Labute approximate surface area is 276 Å². The van der Waals surface area contributed by atoms with Crippen LogP contribution in [0.3, 0.4) is 0 Å². The first-order valence-electron chi connectivity index (χ1n) is 19.5. The lowest BCUT2D eigenvalue weighted by Crippen LogP contribution is -2.03. The summed E-state index contributed by atoms with van der Waals surface area (Å²) in [6.07, 6.45) is 48.1. The molecule has 2 N–H and O–H groups in total. The third-order valence-corrected chi connectivity index (χ3v) is 8.07. The van der Waals surface area contributed by atoms with Crippen molar-refractivity contribution < 1.29 is 19.7 Å². The van der Waals surface area contributed by atoms with E-state index >= 15 is 0 Å². The zero-order valence-corrected chi connectivity index (χ0v) is 30.1. The van der Waals surface area contributed by atoms with Crippen LogP contribution in [0.4, 0.5) is 0 Å². The van der Waals surface area contributed by atoms with Crippen LogP contribution in [0, 0.1) is 0 Å². The summed E-state index contributed by atoms with van der Waals surface area (Å²) in [6.45, 7) is 7.23. The number of unbranched alkanes of at least 4 members (excludes halogenated alkanes) is 24. The number of aliphatic hydroxyl groups is 2. The normalized spacial score (nSPS) is 11.5. The molecule has 4 heteroatoms. The molecule has 0 aromatic heterocycles. The lowest BCUT2D eigenvalue weighted by atomic mass is 10.1. The van der Waals surface area contributed by atoms with Gasteiger partial charge in [0.2, 0.25) is 0 Å². The van der Waals surface area contributed by atoms with Gasteiger partial charge in [-0.1, -0.05) is 154 Å². The maximum atomic E-state index is 8.09. The fourth-order valence-electron chi connectivity index (χ4n) is 5.24. The highest BCUT2D eigenvalue weighted by atomic mass is 16.5. The number of hydrogen-bond donors (Lipinski definition) is 2. The average Bonchev–Trinajstić information content (AvgIpc) is 3.04. The molecule has 0 unspecified atom stereocenters. The summed E-state index contributed by atoms with van der Waals surface area (Å²) < 4.78 is 10.5. The second-order valence-corrected chi connectivity index (χ2v) is 12.5. The molecular weight excluding hydrogens is 544 g/mol. The molecule has 0 aliphatic carbocycles. The van der Waals surface area contributed by atoms with Crippen LogP contribution in [0.25, 0.3) is 0 Å². The van der Waals surface area contributed by atoms with Crippen molar-refractivity contribution in [2.24, 2.45) is 0 Å². The van der Waals surface area contributed by atoms with Gasteiger partial charge >= 0.3 is 0 Å². The number of aliphatic hydroxyl groups excluding tert-OH is 2. The van der Waals surface area contributed by atoms with Gasteiger partial charge in [0.05, 0.1) is 26.4 Å². The molecule has 0 aromatic carbocycles. The third kappa shape index (κ3) is 48.2. The third-order valence-electron chi connectivity index (χ3n) is 8.07. The van der Waals surface area contributed by atoms with E-state index in [1.165, 1.54) is 180 Å². The molecule has 0 heterocycles. The molecule has 0 radical (unpaired) electrons. The van der Waals surface area contributed by atoms with Crippen molar-refractivity contribution in [2.75, 3.05) is 39.6 Å². The van der Waals surface area contributed by atoms with Crippen LogP contribution in [-0.2, 0) is 9.47 Å². The molecule has 0 rings (SSSR count). The van der Waals surface area contributed by atoms with Gasteiger partial charge in [0.15, 0.2) is 0 Å². The molecule has 44 heavy (non-hydrogen) atoms. The molecule has 4 nitrogen and oxygen atoms in total. The van der Waals surface area contributed by atoms with E-state index in [1.54, 1.807) is 0 Å². The first-order chi connectivity index (χ1) is 21.8. The lowest BCUT2D eigenvalue weighted by molar-refractivity contribution is 0.0650. The molecule has 0 aliphatic heterocycles. The Balaban J connectivity index is 0. The Kier molecular flexibility index (Phi) is 48.3. The second-order valence-electron chi connectivity index (χ2n) is 12.5. The second kappa shape index (κ2) is 46.7. The number of rotatable bonds is 36. The van der Waals surface area contributed by atoms with Gasteiger partial charge in [0, 0.05) is 13.2 Å². The number of ether oxygens (including phenoxy) is 2. The van der Waals surface area contributed by atoms with Crippen LogP contribution in [0.5, 0.6) is 0 Å². The van der Waals surface area contributed by atoms with Crippen molar-refractivity contribution >= 4 is 0 Å². The van der Waals surface area contributed by atoms with Crippen LogP contribution in [-0.4, -0.2) is 49.9 Å². The van der Waals surface area contributed by atoms with Gasteiger partial charge in [-0.15, -0.1) is 0 Å². The Morgan fingerprint density at radius 3 is 0.864 bits per heavy atom. The van der Waals surface area contributed by atoms with E-state index in [0.717, 1.165) is 13.2 Å². The lowest BCUT2D eigenvalue weighted by Gasteiger charge is -2.05. The van der Waals surface area contributed by atoms with E-state index in [1.807, 2.05) is 0 Å². The van der Waals surface area contributed by atoms with Crippen LogP contribution >= 0.6 is 0 Å². The SMILES string of the molecule is CCCCCCCC/C=C\CCCCCCCCOCCCCCCCC/C=C\CCCCCCCC.OCCOCCO. The van der Waals surface area contributed by atoms with Crippen LogP contribution in [0.2, 0.25) is 0 Å². The minimum atomic E-state index is 0.0278. The van der Waals surface area contributed by atoms with Crippen molar-refractivity contribution in [2.45, 2.75) is 194 Å². The number of allylic oxidation sites excluding steroid dienone is 4. The summed E-state index contributed by atoms with van der Waals surface area (Å²) in [5.74, 6) is 0. The minimum absolute atomic E-state index is 0.0278. The molecule has 0 saturated carbocycles. The highest BCUT2D eigenvalue weighted by Gasteiger charge is 1.95. The Bertz CT molecular complexity index is 476.